The summed E-state index contributed by atoms with van der Waals surface area (Å²) < 4.78 is 10.2. The Bertz CT molecular complexity index is 586. The van der Waals surface area contributed by atoms with Gasteiger partial charge in [0.05, 0.1) is 6.61 Å². The minimum Gasteiger partial charge on any atom is -0.463 e. The average molecular weight is 334 g/mol. The molecule has 0 aliphatic carbocycles. The van der Waals surface area contributed by atoms with Gasteiger partial charge in [0.25, 0.3) is 0 Å². The van der Waals surface area contributed by atoms with Crippen LogP contribution in [0.5, 0.6) is 0 Å². The Kier molecular flexibility index (Phi) is 7.42. The molecule has 1 amide bonds. The highest BCUT2D eigenvalue weighted by Gasteiger charge is 2.16. The fourth-order valence-corrected chi connectivity index (χ4v) is 1.93. The zero-order valence-corrected chi connectivity index (χ0v) is 15.0. The van der Waals surface area contributed by atoms with Crippen LogP contribution in [-0.2, 0) is 20.7 Å². The molecule has 0 saturated heterocycles. The van der Waals surface area contributed by atoms with Crippen molar-refractivity contribution < 1.29 is 19.1 Å². The van der Waals surface area contributed by atoms with Crippen molar-refractivity contribution in [3.8, 4) is 0 Å². The third kappa shape index (κ3) is 7.26. The average Bonchev–Trinajstić information content (AvgIpc) is 2.47. The number of anilines is 1. The van der Waals surface area contributed by atoms with E-state index < -0.39 is 11.7 Å². The lowest BCUT2D eigenvalue weighted by Gasteiger charge is -2.19. The van der Waals surface area contributed by atoms with Crippen molar-refractivity contribution in [3.05, 3.63) is 35.5 Å². The molecule has 0 aromatic carbocycles. The predicted octanol–water partition coefficient (Wildman–Crippen LogP) is 3.87. The Labute approximate surface area is 143 Å². The fourth-order valence-electron chi connectivity index (χ4n) is 1.93. The quantitative estimate of drug-likeness (QED) is 0.631. The van der Waals surface area contributed by atoms with Crippen LogP contribution in [0.4, 0.5) is 10.6 Å². The lowest BCUT2D eigenvalue weighted by molar-refractivity contribution is -0.138. The summed E-state index contributed by atoms with van der Waals surface area (Å²) in [4.78, 5) is 27.8. The molecule has 0 atom stereocenters. The van der Waals surface area contributed by atoms with E-state index in [-0.39, 0.29) is 5.97 Å². The molecule has 24 heavy (non-hydrogen) atoms. The summed E-state index contributed by atoms with van der Waals surface area (Å²) in [6.07, 6.45) is 4.10. The highest BCUT2D eigenvalue weighted by molar-refractivity contribution is 5.89. The highest BCUT2D eigenvalue weighted by atomic mass is 16.6. The van der Waals surface area contributed by atoms with Crippen molar-refractivity contribution in [1.29, 1.82) is 0 Å². The van der Waals surface area contributed by atoms with Gasteiger partial charge < -0.3 is 9.47 Å². The van der Waals surface area contributed by atoms with E-state index in [2.05, 4.69) is 10.3 Å². The van der Waals surface area contributed by atoms with Crippen LogP contribution in [0.25, 0.3) is 0 Å². The largest absolute Gasteiger partial charge is 0.463 e. The number of carbonyl (C=O) groups excluding carboxylic acids is 2. The van der Waals surface area contributed by atoms with Gasteiger partial charge >= 0.3 is 12.1 Å². The number of pyridine rings is 1. The molecule has 1 rings (SSSR count). The molecule has 0 radical (unpaired) electrons. The molecular weight excluding hydrogens is 308 g/mol. The monoisotopic (exact) mass is 334 g/mol. The second-order valence-corrected chi connectivity index (χ2v) is 6.21. The number of hydrogen-bond acceptors (Lipinski definition) is 5. The van der Waals surface area contributed by atoms with Crippen LogP contribution in [0, 0.1) is 0 Å². The molecule has 0 spiro atoms. The minimum atomic E-state index is -0.566. The maximum absolute atomic E-state index is 11.9. The van der Waals surface area contributed by atoms with Crippen LogP contribution < -0.4 is 5.32 Å². The number of hydrogen-bond donors (Lipinski definition) is 1. The molecule has 0 bridgehead atoms. The van der Waals surface area contributed by atoms with E-state index in [1.165, 1.54) is 0 Å². The first-order valence-corrected chi connectivity index (χ1v) is 8.06. The third-order valence-corrected chi connectivity index (χ3v) is 2.84. The van der Waals surface area contributed by atoms with Gasteiger partial charge in [0, 0.05) is 18.2 Å². The van der Waals surface area contributed by atoms with Crippen LogP contribution in [0.1, 0.15) is 46.6 Å². The van der Waals surface area contributed by atoms with E-state index in [1.54, 1.807) is 40.0 Å². The van der Waals surface area contributed by atoms with Gasteiger partial charge in [-0.3, -0.25) is 5.32 Å². The van der Waals surface area contributed by atoms with Gasteiger partial charge in [-0.1, -0.05) is 19.1 Å². The Morgan fingerprint density at radius 2 is 1.96 bits per heavy atom. The Morgan fingerprint density at radius 3 is 2.46 bits per heavy atom. The van der Waals surface area contributed by atoms with Crippen LogP contribution in [0.15, 0.2) is 30.0 Å². The van der Waals surface area contributed by atoms with Crippen molar-refractivity contribution in [2.24, 2.45) is 0 Å². The van der Waals surface area contributed by atoms with Crippen LogP contribution >= 0.6 is 0 Å². The van der Waals surface area contributed by atoms with Gasteiger partial charge in [0.1, 0.15) is 11.4 Å². The standard InChI is InChI=1S/C18H26N2O4/c1-6-8-14(16(21)23-7-2)11-13-9-10-15(19-12-13)20-17(22)24-18(3,4)5/h8-10,12H,6-7,11H2,1-5H3,(H,19,20,22). The number of ether oxygens (including phenoxy) is 2. The number of nitrogens with one attached hydrogen (secondary N) is 1. The molecule has 0 unspecified atom stereocenters. The molecule has 0 saturated carbocycles. The van der Waals surface area contributed by atoms with Crippen molar-refractivity contribution in [1.82, 2.24) is 4.98 Å². The van der Waals surface area contributed by atoms with Gasteiger partial charge in [-0.15, -0.1) is 0 Å². The van der Waals surface area contributed by atoms with Gasteiger partial charge in [0.2, 0.25) is 0 Å². The Balaban J connectivity index is 2.71. The zero-order chi connectivity index (χ0) is 18.2. The number of carbonyl (C=O) groups is 2. The van der Waals surface area contributed by atoms with E-state index in [0.29, 0.717) is 24.4 Å². The van der Waals surface area contributed by atoms with Crippen LogP contribution in [0.2, 0.25) is 0 Å². The lowest BCUT2D eigenvalue weighted by atomic mass is 10.1. The zero-order valence-electron chi connectivity index (χ0n) is 15.0. The topological polar surface area (TPSA) is 77.5 Å². The molecular formula is C18H26N2O4. The van der Waals surface area contributed by atoms with Gasteiger partial charge in [-0.2, -0.15) is 0 Å². The highest BCUT2D eigenvalue weighted by Crippen LogP contribution is 2.14. The van der Waals surface area contributed by atoms with Gasteiger partial charge in [0.15, 0.2) is 0 Å². The summed E-state index contributed by atoms with van der Waals surface area (Å²) in [6, 6.07) is 3.48. The molecule has 0 aliphatic heterocycles. The smallest absolute Gasteiger partial charge is 0.413 e. The molecule has 0 aliphatic rings. The summed E-state index contributed by atoms with van der Waals surface area (Å²) >= 11 is 0. The normalized spacial score (nSPS) is 11.8. The minimum absolute atomic E-state index is 0.310. The number of nitrogens with zero attached hydrogens (tertiary/aromatic N) is 1. The summed E-state index contributed by atoms with van der Waals surface area (Å²) in [5, 5.41) is 2.57. The van der Waals surface area contributed by atoms with E-state index >= 15 is 0 Å². The molecule has 6 nitrogen and oxygen atoms in total. The second kappa shape index (κ2) is 9.05. The van der Waals surface area contributed by atoms with E-state index in [0.717, 1.165) is 12.0 Å². The third-order valence-electron chi connectivity index (χ3n) is 2.84. The molecule has 1 N–H and O–H groups in total. The van der Waals surface area contributed by atoms with Gasteiger partial charge in [-0.25, -0.2) is 14.6 Å². The number of allylic oxidation sites excluding steroid dienone is 1. The van der Waals surface area contributed by atoms with E-state index in [9.17, 15) is 9.59 Å². The van der Waals surface area contributed by atoms with Crippen molar-refractivity contribution >= 4 is 17.9 Å². The first kappa shape index (κ1) is 19.7. The van der Waals surface area contributed by atoms with Crippen LogP contribution in [-0.4, -0.2) is 29.3 Å². The number of rotatable bonds is 6. The SMILES string of the molecule is CCC=C(Cc1ccc(NC(=O)OC(C)(C)C)nc1)C(=O)OCC. The second-order valence-electron chi connectivity index (χ2n) is 6.21. The number of aromatic nitrogens is 1. The molecule has 1 heterocycles. The molecule has 0 fully saturated rings. The number of amides is 1. The maximum atomic E-state index is 11.9. The summed E-state index contributed by atoms with van der Waals surface area (Å²) in [5.41, 5.74) is 0.898. The summed E-state index contributed by atoms with van der Waals surface area (Å²) in [6.45, 7) is 9.46. The molecule has 1 aromatic heterocycles. The van der Waals surface area contributed by atoms with Crippen LogP contribution in [0.3, 0.4) is 0 Å². The Morgan fingerprint density at radius 1 is 1.25 bits per heavy atom. The fraction of sp³-hybridized carbons (Fsp3) is 0.500. The number of esters is 1. The first-order valence-electron chi connectivity index (χ1n) is 8.06. The summed E-state index contributed by atoms with van der Waals surface area (Å²) in [5.74, 6) is 0.0838. The molecule has 1 aromatic rings. The predicted molar refractivity (Wildman–Crippen MR) is 92.8 cm³/mol. The molecule has 132 valence electrons. The van der Waals surface area contributed by atoms with Crippen molar-refractivity contribution in [2.45, 2.75) is 53.1 Å². The van der Waals surface area contributed by atoms with E-state index in [1.807, 2.05) is 19.1 Å². The first-order chi connectivity index (χ1) is 11.2. The Hall–Kier alpha value is -2.37. The molecule has 6 heteroatoms. The van der Waals surface area contributed by atoms with Gasteiger partial charge in [-0.05, 0) is 45.7 Å². The van der Waals surface area contributed by atoms with E-state index in [4.69, 9.17) is 9.47 Å². The maximum Gasteiger partial charge on any atom is 0.413 e. The lowest BCUT2D eigenvalue weighted by Crippen LogP contribution is -2.27. The summed E-state index contributed by atoms with van der Waals surface area (Å²) in [7, 11) is 0. The van der Waals surface area contributed by atoms with Crippen molar-refractivity contribution in [3.63, 3.8) is 0 Å². The van der Waals surface area contributed by atoms with Crippen molar-refractivity contribution in [2.75, 3.05) is 11.9 Å².